The van der Waals surface area contributed by atoms with Gasteiger partial charge >= 0.3 is 6.09 Å². The number of amides is 1. The molecule has 1 unspecified atom stereocenters. The number of carbonyl (C=O) groups excluding carboxylic acids is 1. The first kappa shape index (κ1) is 17.5. The fraction of sp³-hybridized carbons (Fsp3) is 0.400. The standard InChI is InChI=1S/C25H27NO2/c1-18-11-12-22-23-15-20-9-5-6-10-21(20)25(22,16-18)13-14-26(23)24(27)28-17-19-7-3-2-4-8-19/h2-10,22-23H,1,11-17H2/t22?,23-,25-/m1/s1. The number of allylic oxidation sites excluding steroid dienone is 1. The summed E-state index contributed by atoms with van der Waals surface area (Å²) in [5, 5.41) is 0. The van der Waals surface area contributed by atoms with Crippen molar-refractivity contribution in [3.8, 4) is 0 Å². The summed E-state index contributed by atoms with van der Waals surface area (Å²) in [7, 11) is 0. The van der Waals surface area contributed by atoms with Crippen molar-refractivity contribution in [1.29, 1.82) is 0 Å². The molecule has 3 atom stereocenters. The second kappa shape index (κ2) is 6.80. The molecule has 0 aromatic heterocycles. The molecule has 2 bridgehead atoms. The van der Waals surface area contributed by atoms with Gasteiger partial charge in [-0.1, -0.05) is 66.7 Å². The minimum Gasteiger partial charge on any atom is -0.445 e. The number of nitrogens with zero attached hydrogens (tertiary/aromatic N) is 1. The molecule has 2 aromatic carbocycles. The Bertz CT molecular complexity index is 906. The molecule has 1 saturated heterocycles. The molecular weight excluding hydrogens is 346 g/mol. The normalized spacial score (nSPS) is 28.3. The van der Waals surface area contributed by atoms with Crippen molar-refractivity contribution in [3.05, 3.63) is 83.4 Å². The maximum atomic E-state index is 13.0. The molecule has 0 N–H and O–H groups in total. The minimum atomic E-state index is -0.161. The molecule has 28 heavy (non-hydrogen) atoms. The van der Waals surface area contributed by atoms with Gasteiger partial charge < -0.3 is 9.64 Å². The lowest BCUT2D eigenvalue weighted by Gasteiger charge is -2.58. The van der Waals surface area contributed by atoms with E-state index in [1.807, 2.05) is 35.2 Å². The van der Waals surface area contributed by atoms with Gasteiger partial charge in [0.1, 0.15) is 6.61 Å². The highest BCUT2D eigenvalue weighted by Crippen LogP contribution is 2.56. The lowest BCUT2D eigenvalue weighted by Crippen LogP contribution is -2.62. The average molecular weight is 373 g/mol. The highest BCUT2D eigenvalue weighted by Gasteiger charge is 2.55. The Hall–Kier alpha value is -2.55. The van der Waals surface area contributed by atoms with E-state index in [0.29, 0.717) is 12.5 Å². The van der Waals surface area contributed by atoms with E-state index in [2.05, 4.69) is 30.8 Å². The first-order valence-corrected chi connectivity index (χ1v) is 10.4. The first-order valence-electron chi connectivity index (χ1n) is 10.4. The van der Waals surface area contributed by atoms with Gasteiger partial charge in [0, 0.05) is 18.0 Å². The molecule has 1 heterocycles. The molecule has 3 heteroatoms. The summed E-state index contributed by atoms with van der Waals surface area (Å²) in [6.45, 7) is 5.45. The monoisotopic (exact) mass is 373 g/mol. The van der Waals surface area contributed by atoms with Crippen LogP contribution in [0, 0.1) is 5.92 Å². The summed E-state index contributed by atoms with van der Waals surface area (Å²) in [6.07, 6.45) is 5.06. The van der Waals surface area contributed by atoms with Gasteiger partial charge in [-0.25, -0.2) is 4.79 Å². The third kappa shape index (κ3) is 2.76. The Morgan fingerprint density at radius 1 is 1.14 bits per heavy atom. The number of rotatable bonds is 2. The zero-order valence-corrected chi connectivity index (χ0v) is 16.3. The fourth-order valence-corrected chi connectivity index (χ4v) is 5.96. The molecule has 5 rings (SSSR count). The lowest BCUT2D eigenvalue weighted by molar-refractivity contribution is -0.00513. The number of benzene rings is 2. The van der Waals surface area contributed by atoms with E-state index in [9.17, 15) is 4.79 Å². The maximum absolute atomic E-state index is 13.0. The van der Waals surface area contributed by atoms with Gasteiger partial charge in [-0.05, 0) is 54.7 Å². The minimum absolute atomic E-state index is 0.158. The lowest BCUT2D eigenvalue weighted by atomic mass is 9.52. The van der Waals surface area contributed by atoms with Crippen molar-refractivity contribution in [1.82, 2.24) is 4.90 Å². The first-order chi connectivity index (χ1) is 13.7. The summed E-state index contributed by atoms with van der Waals surface area (Å²) in [4.78, 5) is 15.0. The zero-order chi connectivity index (χ0) is 19.1. The Labute approximate surface area is 167 Å². The van der Waals surface area contributed by atoms with Crippen LogP contribution in [-0.4, -0.2) is 23.6 Å². The van der Waals surface area contributed by atoms with Crippen LogP contribution in [0.3, 0.4) is 0 Å². The molecule has 3 aliphatic rings. The summed E-state index contributed by atoms with van der Waals surface area (Å²) >= 11 is 0. The van der Waals surface area contributed by atoms with Gasteiger partial charge in [-0.3, -0.25) is 0 Å². The summed E-state index contributed by atoms with van der Waals surface area (Å²) in [5.74, 6) is 0.505. The SMILES string of the molecule is C=C1CCC2[C@H]3Cc4ccccc4[C@@]2(CCN3C(=O)OCc2ccccc2)C1. The average Bonchev–Trinajstić information content (AvgIpc) is 2.72. The van der Waals surface area contributed by atoms with Crippen LogP contribution in [0.2, 0.25) is 0 Å². The number of hydrogen-bond donors (Lipinski definition) is 0. The van der Waals surface area contributed by atoms with E-state index in [0.717, 1.165) is 44.2 Å². The van der Waals surface area contributed by atoms with Gasteiger partial charge in [0.15, 0.2) is 0 Å². The van der Waals surface area contributed by atoms with Crippen LogP contribution in [-0.2, 0) is 23.2 Å². The van der Waals surface area contributed by atoms with Crippen LogP contribution in [0.5, 0.6) is 0 Å². The maximum Gasteiger partial charge on any atom is 0.410 e. The Morgan fingerprint density at radius 2 is 1.93 bits per heavy atom. The van der Waals surface area contributed by atoms with Gasteiger partial charge in [-0.15, -0.1) is 0 Å². The summed E-state index contributed by atoms with van der Waals surface area (Å²) < 4.78 is 5.71. The molecule has 144 valence electrons. The van der Waals surface area contributed by atoms with Crippen molar-refractivity contribution in [2.24, 2.45) is 5.92 Å². The van der Waals surface area contributed by atoms with Crippen LogP contribution in [0.4, 0.5) is 4.79 Å². The smallest absolute Gasteiger partial charge is 0.410 e. The third-order valence-electron chi connectivity index (χ3n) is 7.17. The summed E-state index contributed by atoms with van der Waals surface area (Å²) in [5.41, 5.74) is 5.47. The van der Waals surface area contributed by atoms with Crippen molar-refractivity contribution in [2.75, 3.05) is 6.54 Å². The largest absolute Gasteiger partial charge is 0.445 e. The van der Waals surface area contributed by atoms with Crippen LogP contribution >= 0.6 is 0 Å². The Balaban J connectivity index is 1.42. The van der Waals surface area contributed by atoms with Crippen molar-refractivity contribution in [2.45, 2.75) is 50.2 Å². The second-order valence-corrected chi connectivity index (χ2v) is 8.64. The van der Waals surface area contributed by atoms with Crippen molar-refractivity contribution < 1.29 is 9.53 Å². The van der Waals surface area contributed by atoms with E-state index in [1.165, 1.54) is 16.7 Å². The quantitative estimate of drug-likeness (QED) is 0.673. The van der Waals surface area contributed by atoms with Crippen LogP contribution in [0.1, 0.15) is 42.4 Å². The number of carbonyl (C=O) groups is 1. The Morgan fingerprint density at radius 3 is 2.79 bits per heavy atom. The number of piperidine rings is 1. The molecule has 1 saturated carbocycles. The third-order valence-corrected chi connectivity index (χ3v) is 7.17. The molecular formula is C25H27NO2. The number of fused-ring (bicyclic) bond motifs is 1. The van der Waals surface area contributed by atoms with Crippen molar-refractivity contribution >= 4 is 6.09 Å². The molecule has 1 amide bonds. The van der Waals surface area contributed by atoms with Crippen LogP contribution in [0.25, 0.3) is 0 Å². The highest BCUT2D eigenvalue weighted by molar-refractivity contribution is 5.69. The molecule has 2 aromatic rings. The topological polar surface area (TPSA) is 29.5 Å². The van der Waals surface area contributed by atoms with E-state index in [-0.39, 0.29) is 17.6 Å². The molecule has 2 aliphatic carbocycles. The van der Waals surface area contributed by atoms with Crippen molar-refractivity contribution in [3.63, 3.8) is 0 Å². The van der Waals surface area contributed by atoms with Crippen LogP contribution < -0.4 is 0 Å². The zero-order valence-electron chi connectivity index (χ0n) is 16.3. The Kier molecular flexibility index (Phi) is 4.26. The number of likely N-dealkylation sites (tertiary alicyclic amines) is 1. The molecule has 1 aliphatic heterocycles. The van der Waals surface area contributed by atoms with Gasteiger partial charge in [0.25, 0.3) is 0 Å². The van der Waals surface area contributed by atoms with E-state index < -0.39 is 0 Å². The van der Waals surface area contributed by atoms with Gasteiger partial charge in [0.2, 0.25) is 0 Å². The highest BCUT2D eigenvalue weighted by atomic mass is 16.6. The summed E-state index contributed by atoms with van der Waals surface area (Å²) in [6, 6.07) is 19.0. The van der Waals surface area contributed by atoms with E-state index in [4.69, 9.17) is 4.74 Å². The second-order valence-electron chi connectivity index (χ2n) is 8.64. The van der Waals surface area contributed by atoms with Crippen LogP contribution in [0.15, 0.2) is 66.7 Å². The predicted octanol–water partition coefficient (Wildman–Crippen LogP) is 5.25. The molecule has 0 spiro atoms. The predicted molar refractivity (Wildman–Crippen MR) is 110 cm³/mol. The van der Waals surface area contributed by atoms with Gasteiger partial charge in [0.05, 0.1) is 0 Å². The van der Waals surface area contributed by atoms with E-state index >= 15 is 0 Å². The molecule has 0 radical (unpaired) electrons. The number of ether oxygens (including phenoxy) is 1. The molecule has 2 fully saturated rings. The van der Waals surface area contributed by atoms with Gasteiger partial charge in [-0.2, -0.15) is 0 Å². The fourth-order valence-electron chi connectivity index (χ4n) is 5.96. The number of hydrogen-bond acceptors (Lipinski definition) is 2. The molecule has 3 nitrogen and oxygen atoms in total. The van der Waals surface area contributed by atoms with E-state index in [1.54, 1.807) is 0 Å².